The first-order valence-electron chi connectivity index (χ1n) is 3.35. The van der Waals surface area contributed by atoms with E-state index >= 15 is 0 Å². The molecule has 1 rings (SSSR count). The van der Waals surface area contributed by atoms with E-state index < -0.39 is 0 Å². The Morgan fingerprint density at radius 2 is 2.27 bits per heavy atom. The van der Waals surface area contributed by atoms with Crippen LogP contribution in [0.15, 0.2) is 23.1 Å². The van der Waals surface area contributed by atoms with E-state index in [1.54, 1.807) is 0 Å². The van der Waals surface area contributed by atoms with Crippen molar-refractivity contribution in [2.45, 2.75) is 11.8 Å². The number of phenolic OH excluding ortho intramolecular Hbond substituents is 1. The van der Waals surface area contributed by atoms with Crippen LogP contribution >= 0.6 is 11.8 Å². The van der Waals surface area contributed by atoms with E-state index in [1.807, 2.05) is 6.92 Å². The third-order valence-corrected chi connectivity index (χ3v) is 2.15. The van der Waals surface area contributed by atoms with Gasteiger partial charge in [0, 0.05) is 0 Å². The van der Waals surface area contributed by atoms with Gasteiger partial charge in [0.05, 0.1) is 4.90 Å². The first kappa shape index (κ1) is 8.40. The molecule has 0 saturated heterocycles. The number of phenols is 1. The topological polar surface area (TPSA) is 20.2 Å². The van der Waals surface area contributed by atoms with Gasteiger partial charge < -0.3 is 5.11 Å². The van der Waals surface area contributed by atoms with Crippen molar-refractivity contribution in [2.24, 2.45) is 0 Å². The van der Waals surface area contributed by atoms with Crippen LogP contribution in [-0.2, 0) is 0 Å². The first-order valence-corrected chi connectivity index (χ1v) is 4.34. The number of halogens is 1. The average molecular weight is 172 g/mol. The van der Waals surface area contributed by atoms with E-state index in [2.05, 4.69) is 0 Å². The zero-order valence-corrected chi connectivity index (χ0v) is 6.99. The lowest BCUT2D eigenvalue weighted by Gasteiger charge is -2.00. The van der Waals surface area contributed by atoms with Crippen LogP contribution < -0.4 is 0 Å². The van der Waals surface area contributed by atoms with Crippen LogP contribution in [0.1, 0.15) is 6.92 Å². The molecule has 0 bridgehead atoms. The van der Waals surface area contributed by atoms with Gasteiger partial charge in [-0.25, -0.2) is 4.39 Å². The van der Waals surface area contributed by atoms with Gasteiger partial charge in [0.2, 0.25) is 0 Å². The lowest BCUT2D eigenvalue weighted by Crippen LogP contribution is -1.78. The largest absolute Gasteiger partial charge is 0.507 e. The molecule has 3 heteroatoms. The molecule has 1 aromatic carbocycles. The third-order valence-electron chi connectivity index (χ3n) is 1.22. The predicted octanol–water partition coefficient (Wildman–Crippen LogP) is 2.64. The SMILES string of the molecule is CCSc1cc(F)ccc1O. The number of aromatic hydroxyl groups is 1. The van der Waals surface area contributed by atoms with Gasteiger partial charge in [0.1, 0.15) is 11.6 Å². The number of rotatable bonds is 2. The molecule has 0 radical (unpaired) electrons. The lowest BCUT2D eigenvalue weighted by atomic mass is 10.3. The van der Waals surface area contributed by atoms with E-state index in [-0.39, 0.29) is 11.6 Å². The second-order valence-corrected chi connectivity index (χ2v) is 3.35. The van der Waals surface area contributed by atoms with Crippen molar-refractivity contribution in [3.05, 3.63) is 24.0 Å². The minimum Gasteiger partial charge on any atom is -0.507 e. The molecule has 0 amide bonds. The van der Waals surface area contributed by atoms with Gasteiger partial charge in [-0.15, -0.1) is 11.8 Å². The summed E-state index contributed by atoms with van der Waals surface area (Å²) in [5.41, 5.74) is 0. The number of thioether (sulfide) groups is 1. The minimum atomic E-state index is -0.307. The van der Waals surface area contributed by atoms with Gasteiger partial charge in [-0.1, -0.05) is 6.92 Å². The van der Waals surface area contributed by atoms with E-state index in [9.17, 15) is 9.50 Å². The standard InChI is InChI=1S/C8H9FOS/c1-2-11-8-5-6(9)3-4-7(8)10/h3-5,10H,2H2,1H3. The second kappa shape index (κ2) is 3.62. The first-order chi connectivity index (χ1) is 5.24. The molecule has 0 saturated carbocycles. The van der Waals surface area contributed by atoms with Gasteiger partial charge >= 0.3 is 0 Å². The highest BCUT2D eigenvalue weighted by Crippen LogP contribution is 2.28. The van der Waals surface area contributed by atoms with E-state index in [4.69, 9.17) is 0 Å². The molecule has 0 atom stereocenters. The van der Waals surface area contributed by atoms with Crippen LogP contribution in [0.4, 0.5) is 4.39 Å². The normalized spacial score (nSPS) is 10.0. The Hall–Kier alpha value is -0.700. The maximum absolute atomic E-state index is 12.5. The van der Waals surface area contributed by atoms with Gasteiger partial charge in [-0.05, 0) is 24.0 Å². The Labute approximate surface area is 69.2 Å². The minimum absolute atomic E-state index is 0.151. The van der Waals surface area contributed by atoms with Crippen LogP contribution in [0.5, 0.6) is 5.75 Å². The summed E-state index contributed by atoms with van der Waals surface area (Å²) in [6.07, 6.45) is 0. The van der Waals surface area contributed by atoms with Gasteiger partial charge in [-0.3, -0.25) is 0 Å². The second-order valence-electron chi connectivity index (χ2n) is 2.05. The van der Waals surface area contributed by atoms with Crippen molar-refractivity contribution in [3.63, 3.8) is 0 Å². The Morgan fingerprint density at radius 1 is 1.55 bits per heavy atom. The highest BCUT2D eigenvalue weighted by Gasteiger charge is 2.00. The third kappa shape index (κ3) is 2.12. The molecule has 0 heterocycles. The molecule has 60 valence electrons. The molecular weight excluding hydrogens is 163 g/mol. The summed E-state index contributed by atoms with van der Waals surface area (Å²) in [6.45, 7) is 1.95. The number of benzene rings is 1. The van der Waals surface area contributed by atoms with Gasteiger partial charge in [0.25, 0.3) is 0 Å². The molecule has 1 nitrogen and oxygen atoms in total. The summed E-state index contributed by atoms with van der Waals surface area (Å²) in [5, 5.41) is 9.18. The zero-order chi connectivity index (χ0) is 8.27. The zero-order valence-electron chi connectivity index (χ0n) is 6.17. The molecule has 1 aromatic rings. The van der Waals surface area contributed by atoms with E-state index in [0.717, 1.165) is 5.75 Å². The molecule has 0 aliphatic carbocycles. The van der Waals surface area contributed by atoms with Crippen LogP contribution in [0.3, 0.4) is 0 Å². The van der Waals surface area contributed by atoms with Crippen molar-refractivity contribution in [3.8, 4) is 5.75 Å². The fourth-order valence-electron chi connectivity index (χ4n) is 0.759. The lowest BCUT2D eigenvalue weighted by molar-refractivity contribution is 0.459. The predicted molar refractivity (Wildman–Crippen MR) is 44.5 cm³/mol. The Balaban J connectivity index is 2.93. The van der Waals surface area contributed by atoms with Crippen molar-refractivity contribution in [1.29, 1.82) is 0 Å². The summed E-state index contributed by atoms with van der Waals surface area (Å²) in [4.78, 5) is 0.604. The van der Waals surface area contributed by atoms with Crippen LogP contribution in [0.25, 0.3) is 0 Å². The highest BCUT2D eigenvalue weighted by atomic mass is 32.2. The van der Waals surface area contributed by atoms with Crippen molar-refractivity contribution < 1.29 is 9.50 Å². The molecule has 11 heavy (non-hydrogen) atoms. The van der Waals surface area contributed by atoms with Crippen LogP contribution in [0.2, 0.25) is 0 Å². The van der Waals surface area contributed by atoms with Gasteiger partial charge in [0.15, 0.2) is 0 Å². The summed E-state index contributed by atoms with van der Waals surface area (Å²) in [6, 6.07) is 3.95. The van der Waals surface area contributed by atoms with E-state index in [1.165, 1.54) is 30.0 Å². The van der Waals surface area contributed by atoms with Crippen LogP contribution in [-0.4, -0.2) is 10.9 Å². The summed E-state index contributed by atoms with van der Waals surface area (Å²) < 4.78 is 12.5. The molecule has 0 spiro atoms. The quantitative estimate of drug-likeness (QED) is 0.692. The smallest absolute Gasteiger partial charge is 0.129 e. The average Bonchev–Trinajstić information content (AvgIpc) is 1.98. The molecule has 0 fully saturated rings. The van der Waals surface area contributed by atoms with Gasteiger partial charge in [-0.2, -0.15) is 0 Å². The fraction of sp³-hybridized carbons (Fsp3) is 0.250. The van der Waals surface area contributed by atoms with Crippen LogP contribution in [0, 0.1) is 5.82 Å². The van der Waals surface area contributed by atoms with E-state index in [0.29, 0.717) is 4.90 Å². The molecule has 1 N–H and O–H groups in total. The molecular formula is C8H9FOS. The molecule has 0 aliphatic heterocycles. The Kier molecular flexibility index (Phi) is 2.76. The Bertz CT molecular complexity index is 250. The maximum Gasteiger partial charge on any atom is 0.129 e. The fourth-order valence-corrected chi connectivity index (χ4v) is 1.48. The summed E-state index contributed by atoms with van der Waals surface area (Å²) >= 11 is 1.43. The monoisotopic (exact) mass is 172 g/mol. The summed E-state index contributed by atoms with van der Waals surface area (Å²) in [5.74, 6) is 0.675. The van der Waals surface area contributed by atoms with Crippen molar-refractivity contribution >= 4 is 11.8 Å². The Morgan fingerprint density at radius 3 is 2.91 bits per heavy atom. The van der Waals surface area contributed by atoms with Crippen molar-refractivity contribution in [1.82, 2.24) is 0 Å². The molecule has 0 unspecified atom stereocenters. The maximum atomic E-state index is 12.5. The number of hydrogen-bond acceptors (Lipinski definition) is 2. The van der Waals surface area contributed by atoms with Crippen molar-refractivity contribution in [2.75, 3.05) is 5.75 Å². The summed E-state index contributed by atoms with van der Waals surface area (Å²) in [7, 11) is 0. The highest BCUT2D eigenvalue weighted by molar-refractivity contribution is 7.99. The number of hydrogen-bond donors (Lipinski definition) is 1. The molecule has 0 aliphatic rings. The molecule has 0 aromatic heterocycles.